The van der Waals surface area contributed by atoms with E-state index in [9.17, 15) is 4.39 Å². The Kier molecular flexibility index (Phi) is 5.64. The number of hydrogen-bond donors (Lipinski definition) is 1. The summed E-state index contributed by atoms with van der Waals surface area (Å²) in [5.41, 5.74) is 6.89. The summed E-state index contributed by atoms with van der Waals surface area (Å²) in [6, 6.07) is 5.16. The van der Waals surface area contributed by atoms with Gasteiger partial charge in [-0.3, -0.25) is 0 Å². The molecule has 0 aliphatic rings. The number of nitrogens with two attached hydrogens (primary N) is 1. The first-order chi connectivity index (χ1) is 7.15. The third-order valence-electron chi connectivity index (χ3n) is 2.05. The van der Waals surface area contributed by atoms with E-state index < -0.39 is 0 Å². The van der Waals surface area contributed by atoms with E-state index in [0.29, 0.717) is 10.9 Å². The average molecular weight is 292 g/mol. The quantitative estimate of drug-likeness (QED) is 0.902. The van der Waals surface area contributed by atoms with E-state index in [4.69, 9.17) is 5.73 Å². The van der Waals surface area contributed by atoms with Gasteiger partial charge < -0.3 is 5.73 Å². The van der Waals surface area contributed by atoms with Crippen molar-refractivity contribution in [1.29, 1.82) is 0 Å². The summed E-state index contributed by atoms with van der Waals surface area (Å²) in [5, 5.41) is 0. The lowest BCUT2D eigenvalue weighted by molar-refractivity contribution is 0.615. The first-order valence-electron chi connectivity index (χ1n) is 4.91. The zero-order chi connectivity index (χ0) is 11.3. The Morgan fingerprint density at radius 2 is 2.27 bits per heavy atom. The molecule has 1 atom stereocenters. The van der Waals surface area contributed by atoms with Gasteiger partial charge in [0.1, 0.15) is 5.82 Å². The average Bonchev–Trinajstić information content (AvgIpc) is 2.22. The van der Waals surface area contributed by atoms with Gasteiger partial charge in [-0.1, -0.05) is 19.1 Å². The largest absolute Gasteiger partial charge is 0.327 e. The number of hydrogen-bond acceptors (Lipinski definition) is 2. The normalized spacial score (nSPS) is 12.8. The van der Waals surface area contributed by atoms with E-state index in [1.165, 1.54) is 6.07 Å². The lowest BCUT2D eigenvalue weighted by Crippen LogP contribution is -2.25. The highest BCUT2D eigenvalue weighted by atomic mass is 79.9. The maximum absolute atomic E-state index is 13.2. The molecule has 1 nitrogen and oxygen atoms in total. The smallest absolute Gasteiger partial charge is 0.137 e. The highest BCUT2D eigenvalue weighted by molar-refractivity contribution is 9.10. The molecular formula is C11H15BrFNS. The zero-order valence-electron chi connectivity index (χ0n) is 8.67. The van der Waals surface area contributed by atoms with Crippen LogP contribution in [0.25, 0.3) is 0 Å². The Balaban J connectivity index is 2.60. The van der Waals surface area contributed by atoms with Crippen molar-refractivity contribution in [2.24, 2.45) is 5.73 Å². The topological polar surface area (TPSA) is 26.0 Å². The number of thioether (sulfide) groups is 1. The number of halogens is 2. The van der Waals surface area contributed by atoms with Crippen LogP contribution in [0.5, 0.6) is 0 Å². The minimum Gasteiger partial charge on any atom is -0.327 e. The van der Waals surface area contributed by atoms with Gasteiger partial charge in [-0.2, -0.15) is 11.8 Å². The fourth-order valence-corrected chi connectivity index (χ4v) is 2.40. The molecule has 0 fully saturated rings. The van der Waals surface area contributed by atoms with Crippen LogP contribution >= 0.6 is 27.7 Å². The van der Waals surface area contributed by atoms with Crippen LogP contribution in [0.3, 0.4) is 0 Å². The molecule has 0 radical (unpaired) electrons. The van der Waals surface area contributed by atoms with Crippen LogP contribution in [0.1, 0.15) is 12.5 Å². The van der Waals surface area contributed by atoms with Gasteiger partial charge >= 0.3 is 0 Å². The number of benzene rings is 1. The van der Waals surface area contributed by atoms with Crippen molar-refractivity contribution >= 4 is 27.7 Å². The SMILES string of the molecule is CCSCC(N)Cc1cccc(F)c1Br. The van der Waals surface area contributed by atoms with E-state index in [1.54, 1.807) is 6.07 Å². The van der Waals surface area contributed by atoms with Crippen LogP contribution in [0.15, 0.2) is 22.7 Å². The van der Waals surface area contributed by atoms with E-state index in [-0.39, 0.29) is 11.9 Å². The summed E-state index contributed by atoms with van der Waals surface area (Å²) in [6.45, 7) is 2.11. The molecule has 1 aromatic rings. The molecule has 0 bridgehead atoms. The standard InChI is InChI=1S/C11H15BrFNS/c1-2-15-7-9(14)6-8-4-3-5-10(13)11(8)12/h3-5,9H,2,6-7,14H2,1H3. The van der Waals surface area contributed by atoms with Gasteiger partial charge in [0.2, 0.25) is 0 Å². The maximum atomic E-state index is 13.2. The fraction of sp³-hybridized carbons (Fsp3) is 0.455. The van der Waals surface area contributed by atoms with Crippen molar-refractivity contribution in [3.05, 3.63) is 34.1 Å². The highest BCUT2D eigenvalue weighted by Gasteiger charge is 2.09. The monoisotopic (exact) mass is 291 g/mol. The zero-order valence-corrected chi connectivity index (χ0v) is 11.1. The molecule has 0 amide bonds. The van der Waals surface area contributed by atoms with Gasteiger partial charge in [0.15, 0.2) is 0 Å². The predicted molar refractivity (Wildman–Crippen MR) is 68.8 cm³/mol. The molecule has 4 heteroatoms. The van der Waals surface area contributed by atoms with Crippen molar-refractivity contribution in [2.75, 3.05) is 11.5 Å². The van der Waals surface area contributed by atoms with Crippen LogP contribution in [-0.2, 0) is 6.42 Å². The Bertz CT molecular complexity index is 319. The molecule has 1 rings (SSSR count). The summed E-state index contributed by atoms with van der Waals surface area (Å²) in [5.74, 6) is 1.76. The molecule has 0 aliphatic carbocycles. The minimum absolute atomic E-state index is 0.0908. The lowest BCUT2D eigenvalue weighted by Gasteiger charge is -2.12. The van der Waals surface area contributed by atoms with Crippen molar-refractivity contribution in [3.8, 4) is 0 Å². The summed E-state index contributed by atoms with van der Waals surface area (Å²) in [6.07, 6.45) is 0.714. The van der Waals surface area contributed by atoms with Gasteiger partial charge in [0.25, 0.3) is 0 Å². The third kappa shape index (κ3) is 4.13. The molecule has 15 heavy (non-hydrogen) atoms. The van der Waals surface area contributed by atoms with Gasteiger partial charge in [-0.15, -0.1) is 0 Å². The molecular weight excluding hydrogens is 277 g/mol. The Morgan fingerprint density at radius 1 is 1.53 bits per heavy atom. The number of rotatable bonds is 5. The van der Waals surface area contributed by atoms with Crippen molar-refractivity contribution in [1.82, 2.24) is 0 Å². The Morgan fingerprint density at radius 3 is 2.93 bits per heavy atom. The maximum Gasteiger partial charge on any atom is 0.137 e. The van der Waals surface area contributed by atoms with E-state index in [1.807, 2.05) is 17.8 Å². The second-order valence-corrected chi connectivity index (χ2v) is 5.45. The summed E-state index contributed by atoms with van der Waals surface area (Å²) < 4.78 is 13.7. The fourth-order valence-electron chi connectivity index (χ4n) is 1.32. The molecule has 0 spiro atoms. The molecule has 2 N–H and O–H groups in total. The van der Waals surface area contributed by atoms with Crippen molar-refractivity contribution in [3.63, 3.8) is 0 Å². The molecule has 1 unspecified atom stereocenters. The Labute approximate surface area is 103 Å². The summed E-state index contributed by atoms with van der Waals surface area (Å²) in [7, 11) is 0. The van der Waals surface area contributed by atoms with Crippen molar-refractivity contribution in [2.45, 2.75) is 19.4 Å². The van der Waals surface area contributed by atoms with E-state index in [0.717, 1.165) is 17.1 Å². The first-order valence-corrected chi connectivity index (χ1v) is 6.86. The molecule has 0 saturated carbocycles. The van der Waals surface area contributed by atoms with Gasteiger partial charge in [-0.05, 0) is 39.7 Å². The van der Waals surface area contributed by atoms with Crippen LogP contribution in [-0.4, -0.2) is 17.5 Å². The molecule has 0 aromatic heterocycles. The molecule has 84 valence electrons. The van der Waals surface area contributed by atoms with Crippen LogP contribution < -0.4 is 5.73 Å². The van der Waals surface area contributed by atoms with Gasteiger partial charge in [-0.25, -0.2) is 4.39 Å². The van der Waals surface area contributed by atoms with Crippen molar-refractivity contribution < 1.29 is 4.39 Å². The van der Waals surface area contributed by atoms with Gasteiger partial charge in [0, 0.05) is 11.8 Å². The second-order valence-electron chi connectivity index (χ2n) is 3.34. The molecule has 0 aliphatic heterocycles. The summed E-state index contributed by atoms with van der Waals surface area (Å²) >= 11 is 5.05. The van der Waals surface area contributed by atoms with Gasteiger partial charge in [0.05, 0.1) is 4.47 Å². The van der Waals surface area contributed by atoms with Crippen LogP contribution in [0, 0.1) is 5.82 Å². The highest BCUT2D eigenvalue weighted by Crippen LogP contribution is 2.21. The lowest BCUT2D eigenvalue weighted by atomic mass is 10.1. The third-order valence-corrected chi connectivity index (χ3v) is 4.01. The molecule has 0 saturated heterocycles. The predicted octanol–water partition coefficient (Wildman–Crippen LogP) is 3.21. The van der Waals surface area contributed by atoms with Crippen LogP contribution in [0.4, 0.5) is 4.39 Å². The Hall–Kier alpha value is -0.0600. The molecule has 0 heterocycles. The van der Waals surface area contributed by atoms with E-state index >= 15 is 0 Å². The summed E-state index contributed by atoms with van der Waals surface area (Å²) in [4.78, 5) is 0. The molecule has 1 aromatic carbocycles. The second kappa shape index (κ2) is 6.51. The first kappa shape index (κ1) is 13.0. The minimum atomic E-state index is -0.220. The van der Waals surface area contributed by atoms with Crippen LogP contribution in [0.2, 0.25) is 0 Å². The van der Waals surface area contributed by atoms with E-state index in [2.05, 4.69) is 22.9 Å².